The van der Waals surface area contributed by atoms with Gasteiger partial charge in [0.1, 0.15) is 6.33 Å². The zero-order chi connectivity index (χ0) is 16.7. The smallest absolute Gasteiger partial charge is 0.335 e. The van der Waals surface area contributed by atoms with Crippen molar-refractivity contribution in [1.29, 1.82) is 0 Å². The van der Waals surface area contributed by atoms with Gasteiger partial charge in [-0.05, 0) is 48.9 Å². The Morgan fingerprint density at radius 1 is 1.17 bits per heavy atom. The van der Waals surface area contributed by atoms with Crippen molar-refractivity contribution in [3.05, 3.63) is 59.9 Å². The molecule has 7 heteroatoms. The molecule has 0 bridgehead atoms. The number of fused-ring (bicyclic) bond motifs is 3. The van der Waals surface area contributed by atoms with Crippen LogP contribution in [0.3, 0.4) is 0 Å². The highest BCUT2D eigenvalue weighted by Gasteiger charge is 2.11. The summed E-state index contributed by atoms with van der Waals surface area (Å²) >= 11 is 0. The molecule has 24 heavy (non-hydrogen) atoms. The number of benzene rings is 2. The second kappa shape index (κ2) is 5.31. The minimum absolute atomic E-state index is 0.232. The second-order valence-corrected chi connectivity index (χ2v) is 5.48. The van der Waals surface area contributed by atoms with Gasteiger partial charge in [-0.25, -0.2) is 9.78 Å². The van der Waals surface area contributed by atoms with Gasteiger partial charge in [0, 0.05) is 5.69 Å². The highest BCUT2D eigenvalue weighted by molar-refractivity contribution is 5.88. The molecule has 0 atom stereocenters. The zero-order valence-electron chi connectivity index (χ0n) is 12.8. The first-order valence-electron chi connectivity index (χ1n) is 7.32. The molecule has 4 aromatic rings. The molecule has 0 aliphatic heterocycles. The summed E-state index contributed by atoms with van der Waals surface area (Å²) in [6, 6.07) is 12.4. The van der Waals surface area contributed by atoms with Crippen LogP contribution in [0.5, 0.6) is 0 Å². The number of hydrogen-bond acceptors (Lipinski definition) is 5. The number of carboxylic acids is 1. The maximum Gasteiger partial charge on any atom is 0.335 e. The van der Waals surface area contributed by atoms with Gasteiger partial charge in [-0.15, -0.1) is 10.2 Å². The molecule has 4 rings (SSSR count). The Morgan fingerprint density at radius 3 is 2.71 bits per heavy atom. The number of nitrogens with one attached hydrogen (secondary N) is 1. The average Bonchev–Trinajstić information content (AvgIpc) is 3.06. The first-order chi connectivity index (χ1) is 11.6. The van der Waals surface area contributed by atoms with E-state index < -0.39 is 5.97 Å². The molecule has 0 amide bonds. The number of anilines is 2. The van der Waals surface area contributed by atoms with Gasteiger partial charge in [-0.2, -0.15) is 0 Å². The second-order valence-electron chi connectivity index (χ2n) is 5.48. The van der Waals surface area contributed by atoms with Gasteiger partial charge in [-0.1, -0.05) is 6.07 Å². The summed E-state index contributed by atoms with van der Waals surface area (Å²) in [4.78, 5) is 15.5. The number of aromatic carboxylic acids is 1. The molecule has 2 N–H and O–H groups in total. The number of aromatic nitrogens is 4. The number of carbonyl (C=O) groups is 1. The van der Waals surface area contributed by atoms with E-state index in [-0.39, 0.29) is 5.56 Å². The highest BCUT2D eigenvalue weighted by Crippen LogP contribution is 2.24. The van der Waals surface area contributed by atoms with Crippen molar-refractivity contribution in [3.8, 4) is 0 Å². The van der Waals surface area contributed by atoms with Crippen molar-refractivity contribution in [3.63, 3.8) is 0 Å². The van der Waals surface area contributed by atoms with Crippen molar-refractivity contribution < 1.29 is 9.90 Å². The predicted octanol–water partition coefficient (Wildman–Crippen LogP) is 3.03. The number of hydrogen-bond donors (Lipinski definition) is 2. The summed E-state index contributed by atoms with van der Waals surface area (Å²) in [6.45, 7) is 2.02. The molecule has 0 radical (unpaired) electrons. The lowest BCUT2D eigenvalue weighted by Crippen LogP contribution is -2.01. The lowest BCUT2D eigenvalue weighted by Gasteiger charge is -2.09. The van der Waals surface area contributed by atoms with Gasteiger partial charge >= 0.3 is 5.97 Å². The van der Waals surface area contributed by atoms with E-state index >= 15 is 0 Å². The average molecular weight is 319 g/mol. The molecule has 118 valence electrons. The molecule has 0 aliphatic rings. The summed E-state index contributed by atoms with van der Waals surface area (Å²) < 4.78 is 1.88. The van der Waals surface area contributed by atoms with Gasteiger partial charge < -0.3 is 10.4 Å². The third kappa shape index (κ3) is 2.32. The van der Waals surface area contributed by atoms with Crippen LogP contribution in [0.4, 0.5) is 11.5 Å². The fourth-order valence-corrected chi connectivity index (χ4v) is 2.58. The maximum absolute atomic E-state index is 10.9. The van der Waals surface area contributed by atoms with Crippen molar-refractivity contribution in [2.24, 2.45) is 0 Å². The van der Waals surface area contributed by atoms with E-state index in [1.165, 1.54) is 12.1 Å². The zero-order valence-corrected chi connectivity index (χ0v) is 12.8. The first-order valence-corrected chi connectivity index (χ1v) is 7.32. The van der Waals surface area contributed by atoms with Crippen LogP contribution in [-0.2, 0) is 0 Å². The van der Waals surface area contributed by atoms with Crippen molar-refractivity contribution in [1.82, 2.24) is 19.6 Å². The molecule has 0 aliphatic carbocycles. The van der Waals surface area contributed by atoms with Crippen LogP contribution in [0, 0.1) is 6.92 Å². The molecular weight excluding hydrogens is 306 g/mol. The minimum atomic E-state index is -0.958. The summed E-state index contributed by atoms with van der Waals surface area (Å²) in [5.41, 5.74) is 4.44. The Hall–Kier alpha value is -3.48. The topological polar surface area (TPSA) is 92.4 Å². The lowest BCUT2D eigenvalue weighted by atomic mass is 10.2. The molecule has 0 unspecified atom stereocenters. The fourth-order valence-electron chi connectivity index (χ4n) is 2.58. The number of nitrogens with zero attached hydrogens (tertiary/aromatic N) is 4. The normalized spacial score (nSPS) is 11.0. The standard InChI is InChI=1S/C17H13N5O2/c1-10-2-7-13-14(8-10)22-9-18-21-16(22)15(20-13)19-12-5-3-11(4-6-12)17(23)24/h2-9H,1H3,(H,19,20)(H,23,24). The van der Waals surface area contributed by atoms with E-state index in [0.29, 0.717) is 11.5 Å². The molecule has 2 heterocycles. The summed E-state index contributed by atoms with van der Waals surface area (Å²) in [5, 5.41) is 20.3. The Kier molecular flexibility index (Phi) is 3.13. The number of aryl methyl sites for hydroxylation is 1. The van der Waals surface area contributed by atoms with Crippen LogP contribution in [0.2, 0.25) is 0 Å². The quantitative estimate of drug-likeness (QED) is 0.603. The van der Waals surface area contributed by atoms with Crippen LogP contribution >= 0.6 is 0 Å². The van der Waals surface area contributed by atoms with E-state index in [2.05, 4.69) is 20.5 Å². The van der Waals surface area contributed by atoms with E-state index in [0.717, 1.165) is 22.3 Å². The Balaban J connectivity index is 1.82. The third-order valence-corrected chi connectivity index (χ3v) is 3.78. The molecule has 0 saturated heterocycles. The van der Waals surface area contributed by atoms with Crippen LogP contribution < -0.4 is 5.32 Å². The van der Waals surface area contributed by atoms with E-state index in [1.807, 2.05) is 29.5 Å². The third-order valence-electron chi connectivity index (χ3n) is 3.78. The van der Waals surface area contributed by atoms with Gasteiger partial charge in [0.25, 0.3) is 0 Å². The van der Waals surface area contributed by atoms with Crippen molar-refractivity contribution >= 4 is 34.2 Å². The highest BCUT2D eigenvalue weighted by atomic mass is 16.4. The summed E-state index contributed by atoms with van der Waals surface area (Å²) in [6.07, 6.45) is 1.65. The van der Waals surface area contributed by atoms with Crippen LogP contribution in [0.15, 0.2) is 48.8 Å². The van der Waals surface area contributed by atoms with Crippen molar-refractivity contribution in [2.75, 3.05) is 5.32 Å². The summed E-state index contributed by atoms with van der Waals surface area (Å²) in [7, 11) is 0. The molecule has 2 aromatic carbocycles. The Morgan fingerprint density at radius 2 is 1.96 bits per heavy atom. The minimum Gasteiger partial charge on any atom is -0.478 e. The molecule has 0 spiro atoms. The van der Waals surface area contributed by atoms with Crippen LogP contribution in [0.1, 0.15) is 15.9 Å². The molecule has 2 aromatic heterocycles. The molecule has 0 saturated carbocycles. The molecule has 7 nitrogen and oxygen atoms in total. The Labute approximate surface area is 136 Å². The van der Waals surface area contributed by atoms with E-state index in [1.54, 1.807) is 18.5 Å². The number of rotatable bonds is 3. The van der Waals surface area contributed by atoms with E-state index in [9.17, 15) is 4.79 Å². The van der Waals surface area contributed by atoms with Gasteiger partial charge in [-0.3, -0.25) is 4.40 Å². The largest absolute Gasteiger partial charge is 0.478 e. The summed E-state index contributed by atoms with van der Waals surface area (Å²) in [5.74, 6) is -0.396. The van der Waals surface area contributed by atoms with Crippen LogP contribution in [-0.4, -0.2) is 30.7 Å². The lowest BCUT2D eigenvalue weighted by molar-refractivity contribution is 0.0697. The maximum atomic E-state index is 10.9. The Bertz CT molecular complexity index is 1070. The number of carboxylic acid groups (broad SMARTS) is 1. The fraction of sp³-hybridized carbons (Fsp3) is 0.0588. The monoisotopic (exact) mass is 319 g/mol. The molecular formula is C17H13N5O2. The first kappa shape index (κ1) is 14.1. The van der Waals surface area contributed by atoms with Crippen molar-refractivity contribution in [2.45, 2.75) is 6.92 Å². The van der Waals surface area contributed by atoms with Crippen LogP contribution in [0.25, 0.3) is 16.7 Å². The van der Waals surface area contributed by atoms with Gasteiger partial charge in [0.2, 0.25) is 5.65 Å². The molecule has 0 fully saturated rings. The SMILES string of the molecule is Cc1ccc2nc(Nc3ccc(C(=O)O)cc3)c3nncn3c2c1. The van der Waals surface area contributed by atoms with Gasteiger partial charge in [0.05, 0.1) is 16.6 Å². The van der Waals surface area contributed by atoms with Gasteiger partial charge in [0.15, 0.2) is 5.82 Å². The predicted molar refractivity (Wildman–Crippen MR) is 89.7 cm³/mol. The van der Waals surface area contributed by atoms with E-state index in [4.69, 9.17) is 5.11 Å².